The molecule has 0 aliphatic carbocycles. The van der Waals surface area contributed by atoms with Gasteiger partial charge in [0.1, 0.15) is 11.5 Å². The SMILES string of the molecule is CCCCCCOc1ccc2cc(S(=O)(=O)OC(F)(F)F)ccc2c1-c1c(OCCCCCC)ccc2cc(S(=O)(=O)OC(F)(F)F)ccc12. The molecule has 0 saturated carbocycles. The van der Waals surface area contributed by atoms with Gasteiger partial charge in [-0.1, -0.05) is 76.6 Å². The van der Waals surface area contributed by atoms with Crippen molar-refractivity contribution in [3.05, 3.63) is 60.7 Å². The molecule has 4 rings (SSSR count). The van der Waals surface area contributed by atoms with Gasteiger partial charge >= 0.3 is 33.0 Å². The van der Waals surface area contributed by atoms with Crippen LogP contribution in [0, 0.1) is 0 Å². The Morgan fingerprint density at radius 3 is 1.24 bits per heavy atom. The topological polar surface area (TPSA) is 105 Å². The van der Waals surface area contributed by atoms with E-state index in [2.05, 4.69) is 8.37 Å². The number of fused-ring (bicyclic) bond motifs is 2. The van der Waals surface area contributed by atoms with Crippen LogP contribution in [0.3, 0.4) is 0 Å². The monoisotopic (exact) mass is 750 g/mol. The molecule has 0 bridgehead atoms. The van der Waals surface area contributed by atoms with Gasteiger partial charge in [0.15, 0.2) is 0 Å². The van der Waals surface area contributed by atoms with Crippen LogP contribution < -0.4 is 9.47 Å². The summed E-state index contributed by atoms with van der Waals surface area (Å²) in [5, 5.41) is 1.05. The molecule has 0 atom stereocenters. The van der Waals surface area contributed by atoms with Gasteiger partial charge < -0.3 is 9.47 Å². The van der Waals surface area contributed by atoms with E-state index in [1.807, 2.05) is 13.8 Å². The maximum Gasteiger partial charge on any atom is 0.537 e. The fourth-order valence-electron chi connectivity index (χ4n) is 5.41. The highest BCUT2D eigenvalue weighted by Crippen LogP contribution is 2.46. The highest BCUT2D eigenvalue weighted by Gasteiger charge is 2.39. The molecule has 0 aliphatic heterocycles. The van der Waals surface area contributed by atoms with Crippen molar-refractivity contribution in [1.82, 2.24) is 0 Å². The molecule has 0 aromatic heterocycles. The lowest BCUT2D eigenvalue weighted by Gasteiger charge is -2.20. The van der Waals surface area contributed by atoms with Crippen LogP contribution >= 0.6 is 0 Å². The number of hydrogen-bond donors (Lipinski definition) is 0. The first-order valence-electron chi connectivity index (χ1n) is 15.9. The van der Waals surface area contributed by atoms with E-state index in [-0.39, 0.29) is 24.0 Å². The van der Waals surface area contributed by atoms with Crippen LogP contribution in [-0.2, 0) is 28.6 Å². The first-order chi connectivity index (χ1) is 23.5. The number of unbranched alkanes of at least 4 members (excludes halogenated alkanes) is 6. The van der Waals surface area contributed by atoms with E-state index in [1.165, 1.54) is 36.4 Å². The summed E-state index contributed by atoms with van der Waals surface area (Å²) >= 11 is 0. The molecule has 0 spiro atoms. The van der Waals surface area contributed by atoms with Crippen LogP contribution in [0.5, 0.6) is 11.5 Å². The fourth-order valence-corrected chi connectivity index (χ4v) is 7.11. The summed E-state index contributed by atoms with van der Waals surface area (Å²) in [6.45, 7) is 4.65. The summed E-state index contributed by atoms with van der Waals surface area (Å²) in [6.07, 6.45) is -3.91. The van der Waals surface area contributed by atoms with Gasteiger partial charge in [-0.15, -0.1) is 26.3 Å². The molecule has 4 aromatic carbocycles. The van der Waals surface area contributed by atoms with Crippen molar-refractivity contribution in [1.29, 1.82) is 0 Å². The van der Waals surface area contributed by atoms with Crippen molar-refractivity contribution in [3.8, 4) is 22.6 Å². The Morgan fingerprint density at radius 2 is 0.900 bits per heavy atom. The minimum Gasteiger partial charge on any atom is -0.493 e. The summed E-state index contributed by atoms with van der Waals surface area (Å²) in [5.41, 5.74) is 0.685. The molecule has 0 fully saturated rings. The Kier molecular flexibility index (Phi) is 12.7. The molecule has 0 saturated heterocycles. The Balaban J connectivity index is 1.97. The highest BCUT2D eigenvalue weighted by molar-refractivity contribution is 7.87. The van der Waals surface area contributed by atoms with Crippen molar-refractivity contribution in [2.24, 2.45) is 0 Å². The minimum absolute atomic E-state index is 0.189. The third kappa shape index (κ3) is 10.2. The zero-order valence-corrected chi connectivity index (χ0v) is 28.8. The molecule has 4 aromatic rings. The number of rotatable bonds is 17. The quantitative estimate of drug-likeness (QED) is 0.0597. The summed E-state index contributed by atoms with van der Waals surface area (Å²) in [7, 11) is -10.5. The van der Waals surface area contributed by atoms with Crippen molar-refractivity contribution in [2.45, 2.75) is 87.7 Å². The van der Waals surface area contributed by atoms with E-state index in [0.717, 1.165) is 62.8 Å². The van der Waals surface area contributed by atoms with Crippen LogP contribution in [0.1, 0.15) is 65.2 Å². The number of halogens is 6. The Bertz CT molecular complexity index is 1870. The minimum atomic E-state index is -5.46. The molecule has 0 amide bonds. The van der Waals surface area contributed by atoms with Gasteiger partial charge in [-0.3, -0.25) is 0 Å². The average Bonchev–Trinajstić information content (AvgIpc) is 3.01. The molecule has 0 unspecified atom stereocenters. The lowest BCUT2D eigenvalue weighted by atomic mass is 9.92. The molecule has 0 aliphatic rings. The van der Waals surface area contributed by atoms with Gasteiger partial charge in [0.2, 0.25) is 0 Å². The van der Waals surface area contributed by atoms with E-state index in [4.69, 9.17) is 9.47 Å². The van der Waals surface area contributed by atoms with E-state index in [0.29, 0.717) is 46.2 Å². The standard InChI is InChI=1S/C34H36F6O8S2/c1-3-5-7-9-19-45-29-17-11-23-21-25(49(41,42)47-33(35,36)37)13-15-27(23)31(29)32-28-16-14-26(50(43,44)48-34(38,39)40)22-24(28)12-18-30(32)46-20-10-8-6-4-2/h11-18,21-22H,3-10,19-20H2,1-2H3. The van der Waals surface area contributed by atoms with E-state index < -0.39 is 42.8 Å². The maximum absolute atomic E-state index is 12.9. The van der Waals surface area contributed by atoms with Crippen molar-refractivity contribution < 1.29 is 61.0 Å². The fraction of sp³-hybridized carbons (Fsp3) is 0.412. The molecule has 8 nitrogen and oxygen atoms in total. The predicted octanol–water partition coefficient (Wildman–Crippen LogP) is 10.0. The van der Waals surface area contributed by atoms with Crippen LogP contribution in [-0.4, -0.2) is 42.8 Å². The van der Waals surface area contributed by atoms with Gasteiger partial charge in [0, 0.05) is 11.1 Å². The van der Waals surface area contributed by atoms with Gasteiger partial charge in [0.05, 0.1) is 23.0 Å². The van der Waals surface area contributed by atoms with Crippen molar-refractivity contribution in [2.75, 3.05) is 13.2 Å². The van der Waals surface area contributed by atoms with E-state index >= 15 is 0 Å². The first-order valence-corrected chi connectivity index (χ1v) is 18.7. The van der Waals surface area contributed by atoms with Gasteiger partial charge in [-0.2, -0.15) is 25.2 Å². The second-order valence-corrected chi connectivity index (χ2v) is 14.5. The first kappa shape index (κ1) is 39.2. The summed E-state index contributed by atoms with van der Waals surface area (Å²) in [6, 6.07) is 12.5. The molecular weight excluding hydrogens is 714 g/mol. The third-order valence-electron chi connectivity index (χ3n) is 7.65. The van der Waals surface area contributed by atoms with Gasteiger partial charge in [-0.25, -0.2) is 0 Å². The highest BCUT2D eigenvalue weighted by atomic mass is 32.2. The zero-order valence-electron chi connectivity index (χ0n) is 27.2. The summed E-state index contributed by atoms with van der Waals surface area (Å²) in [5.74, 6) is 0.605. The van der Waals surface area contributed by atoms with E-state index in [1.54, 1.807) is 0 Å². The molecule has 0 heterocycles. The number of alkyl halides is 6. The average molecular weight is 751 g/mol. The third-order valence-corrected chi connectivity index (χ3v) is 10.1. The van der Waals surface area contributed by atoms with Gasteiger partial charge in [0.25, 0.3) is 0 Å². The summed E-state index contributed by atoms with van der Waals surface area (Å²) in [4.78, 5) is -1.52. The number of hydrogen-bond acceptors (Lipinski definition) is 8. The summed E-state index contributed by atoms with van der Waals surface area (Å²) < 4.78 is 146. The second kappa shape index (κ2) is 16.2. The van der Waals surface area contributed by atoms with Crippen LogP contribution in [0.25, 0.3) is 32.7 Å². The Morgan fingerprint density at radius 1 is 0.520 bits per heavy atom. The Labute approximate surface area is 286 Å². The molecule has 274 valence electrons. The van der Waals surface area contributed by atoms with Crippen molar-refractivity contribution in [3.63, 3.8) is 0 Å². The van der Waals surface area contributed by atoms with Crippen LogP contribution in [0.2, 0.25) is 0 Å². The largest absolute Gasteiger partial charge is 0.537 e. The zero-order chi connectivity index (χ0) is 36.7. The van der Waals surface area contributed by atoms with Crippen LogP contribution in [0.15, 0.2) is 70.5 Å². The van der Waals surface area contributed by atoms with E-state index in [9.17, 15) is 43.2 Å². The van der Waals surface area contributed by atoms with Crippen molar-refractivity contribution >= 4 is 41.8 Å². The second-order valence-electron chi connectivity index (χ2n) is 11.4. The maximum atomic E-state index is 12.9. The lowest BCUT2D eigenvalue weighted by Crippen LogP contribution is -2.19. The molecular formula is C34H36F6O8S2. The Hall–Kier alpha value is -3.60. The molecule has 50 heavy (non-hydrogen) atoms. The van der Waals surface area contributed by atoms with Crippen LogP contribution in [0.4, 0.5) is 26.3 Å². The number of ether oxygens (including phenoxy) is 2. The molecule has 0 radical (unpaired) electrons. The molecule has 0 N–H and O–H groups in total. The predicted molar refractivity (Wildman–Crippen MR) is 175 cm³/mol. The normalized spacial score (nSPS) is 12.9. The smallest absolute Gasteiger partial charge is 0.493 e. The molecule has 16 heteroatoms. The lowest BCUT2D eigenvalue weighted by molar-refractivity contribution is -0.273. The number of benzene rings is 4. The van der Waals surface area contributed by atoms with Gasteiger partial charge in [-0.05, 0) is 70.8 Å².